The maximum absolute atomic E-state index is 10.4. The van der Waals surface area contributed by atoms with E-state index in [1.165, 1.54) is 11.3 Å². The molecule has 3 N–H and O–H groups in total. The lowest BCUT2D eigenvalue weighted by Gasteiger charge is -1.93. The van der Waals surface area contributed by atoms with E-state index in [9.17, 15) is 4.79 Å². The first-order valence-corrected chi connectivity index (χ1v) is 4.85. The summed E-state index contributed by atoms with van der Waals surface area (Å²) in [6.45, 7) is 0. The fourth-order valence-corrected chi connectivity index (χ4v) is 2.01. The lowest BCUT2D eigenvalue weighted by atomic mass is 10.2. The second-order valence-electron chi connectivity index (χ2n) is 2.79. The third kappa shape index (κ3) is 1.53. The number of carboxylic acids is 1. The van der Waals surface area contributed by atoms with Gasteiger partial charge in [-0.1, -0.05) is 0 Å². The third-order valence-corrected chi connectivity index (χ3v) is 2.63. The Morgan fingerprint density at radius 1 is 1.71 bits per heavy atom. The Bertz CT molecular complexity index is 475. The monoisotopic (exact) mass is 212 g/mol. The number of nitrogens with zero attached hydrogens (tertiary/aromatic N) is 3. The van der Waals surface area contributed by atoms with Crippen molar-refractivity contribution in [1.82, 2.24) is 14.6 Å². The van der Waals surface area contributed by atoms with Crippen LogP contribution in [0.25, 0.3) is 4.96 Å². The summed E-state index contributed by atoms with van der Waals surface area (Å²) in [6.07, 6.45) is 0.531. The smallest absolute Gasteiger partial charge is 0.303 e. The van der Waals surface area contributed by atoms with Gasteiger partial charge in [0.05, 0.1) is 12.1 Å². The molecule has 2 aromatic heterocycles. The van der Waals surface area contributed by atoms with Crippen molar-refractivity contribution in [3.63, 3.8) is 0 Å². The molecule has 0 saturated heterocycles. The van der Waals surface area contributed by atoms with Crippen LogP contribution in [0.2, 0.25) is 0 Å². The number of thiazole rings is 1. The van der Waals surface area contributed by atoms with Crippen molar-refractivity contribution in [1.29, 1.82) is 0 Å². The Morgan fingerprint density at radius 2 is 2.50 bits per heavy atom. The minimum atomic E-state index is -0.822. The molecule has 0 aliphatic carbocycles. The van der Waals surface area contributed by atoms with Crippen molar-refractivity contribution in [2.24, 2.45) is 0 Å². The molecule has 0 unspecified atom stereocenters. The number of aryl methyl sites for hydroxylation is 1. The molecular weight excluding hydrogens is 204 g/mol. The highest BCUT2D eigenvalue weighted by molar-refractivity contribution is 7.15. The molecule has 0 saturated carbocycles. The minimum absolute atomic E-state index is 0.0889. The van der Waals surface area contributed by atoms with Crippen LogP contribution in [0, 0.1) is 0 Å². The molecule has 74 valence electrons. The number of carboxylic acid groups (broad SMARTS) is 1. The number of rotatable bonds is 3. The number of fused-ring (bicyclic) bond motifs is 1. The maximum atomic E-state index is 10.4. The SMILES string of the molecule is Nc1nc2scc(CCC(=O)O)n2n1. The van der Waals surface area contributed by atoms with Gasteiger partial charge in [0.1, 0.15) is 0 Å². The lowest BCUT2D eigenvalue weighted by Crippen LogP contribution is -2.00. The van der Waals surface area contributed by atoms with E-state index in [-0.39, 0.29) is 12.4 Å². The van der Waals surface area contributed by atoms with Crippen molar-refractivity contribution in [2.45, 2.75) is 12.8 Å². The predicted molar refractivity (Wildman–Crippen MR) is 51.2 cm³/mol. The molecular formula is C7H8N4O2S. The fourth-order valence-electron chi connectivity index (χ4n) is 1.15. The number of anilines is 1. The number of aliphatic carboxylic acids is 1. The maximum Gasteiger partial charge on any atom is 0.303 e. The zero-order chi connectivity index (χ0) is 10.1. The molecule has 7 heteroatoms. The van der Waals surface area contributed by atoms with E-state index in [0.717, 1.165) is 5.69 Å². The molecule has 0 atom stereocenters. The second-order valence-corrected chi connectivity index (χ2v) is 3.62. The number of carbonyl (C=O) groups is 1. The third-order valence-electron chi connectivity index (χ3n) is 1.76. The molecule has 0 aliphatic heterocycles. The average Bonchev–Trinajstić information content (AvgIpc) is 2.60. The Balaban J connectivity index is 2.28. The standard InChI is InChI=1S/C7H8N4O2S/c8-6-9-7-11(10-6)4(3-14-7)1-2-5(12)13/h3H,1-2H2,(H2,8,10)(H,12,13). The van der Waals surface area contributed by atoms with E-state index in [1.54, 1.807) is 4.52 Å². The van der Waals surface area contributed by atoms with Crippen LogP contribution in [0.4, 0.5) is 5.95 Å². The fraction of sp³-hybridized carbons (Fsp3) is 0.286. The van der Waals surface area contributed by atoms with Gasteiger partial charge >= 0.3 is 5.97 Å². The second kappa shape index (κ2) is 3.26. The van der Waals surface area contributed by atoms with Gasteiger partial charge in [-0.2, -0.15) is 4.98 Å². The average molecular weight is 212 g/mol. The van der Waals surface area contributed by atoms with Gasteiger partial charge in [0.15, 0.2) is 0 Å². The first-order chi connectivity index (χ1) is 6.66. The molecule has 2 heterocycles. The summed E-state index contributed by atoms with van der Waals surface area (Å²) in [7, 11) is 0. The number of hydrogen-bond acceptors (Lipinski definition) is 5. The Hall–Kier alpha value is -1.63. The summed E-state index contributed by atoms with van der Waals surface area (Å²) in [5.74, 6) is -0.606. The first-order valence-electron chi connectivity index (χ1n) is 3.97. The number of aromatic nitrogens is 3. The molecule has 0 amide bonds. The molecule has 0 bridgehead atoms. The van der Waals surface area contributed by atoms with Crippen LogP contribution in [-0.4, -0.2) is 25.7 Å². The van der Waals surface area contributed by atoms with Gasteiger partial charge in [-0.3, -0.25) is 4.79 Å². The van der Waals surface area contributed by atoms with Crippen LogP contribution in [0.3, 0.4) is 0 Å². The van der Waals surface area contributed by atoms with Crippen LogP contribution in [0.1, 0.15) is 12.1 Å². The highest BCUT2D eigenvalue weighted by Crippen LogP contribution is 2.16. The molecule has 14 heavy (non-hydrogen) atoms. The van der Waals surface area contributed by atoms with Gasteiger partial charge in [0, 0.05) is 11.8 Å². The van der Waals surface area contributed by atoms with Crippen molar-refractivity contribution in [3.05, 3.63) is 11.1 Å². The van der Waals surface area contributed by atoms with Gasteiger partial charge in [0.2, 0.25) is 10.9 Å². The van der Waals surface area contributed by atoms with Crippen LogP contribution < -0.4 is 5.73 Å². The van der Waals surface area contributed by atoms with Gasteiger partial charge < -0.3 is 10.8 Å². The van der Waals surface area contributed by atoms with E-state index in [0.29, 0.717) is 11.4 Å². The summed E-state index contributed by atoms with van der Waals surface area (Å²) >= 11 is 1.40. The van der Waals surface area contributed by atoms with Crippen molar-refractivity contribution in [3.8, 4) is 0 Å². The van der Waals surface area contributed by atoms with Crippen molar-refractivity contribution >= 4 is 28.2 Å². The normalized spacial score (nSPS) is 10.9. The van der Waals surface area contributed by atoms with Gasteiger partial charge in [-0.05, 0) is 0 Å². The first kappa shape index (κ1) is 8.95. The number of hydrogen-bond donors (Lipinski definition) is 2. The Morgan fingerprint density at radius 3 is 3.21 bits per heavy atom. The topological polar surface area (TPSA) is 93.5 Å². The number of nitrogen functional groups attached to an aromatic ring is 1. The highest BCUT2D eigenvalue weighted by atomic mass is 32.1. The largest absolute Gasteiger partial charge is 0.481 e. The summed E-state index contributed by atoms with van der Waals surface area (Å²) in [5, 5.41) is 14.3. The molecule has 2 aromatic rings. The van der Waals surface area contributed by atoms with Crippen molar-refractivity contribution in [2.75, 3.05) is 5.73 Å². The van der Waals surface area contributed by atoms with Gasteiger partial charge in [-0.25, -0.2) is 4.52 Å². The quantitative estimate of drug-likeness (QED) is 0.767. The Labute approximate surface area is 83.0 Å². The van der Waals surface area contributed by atoms with Crippen LogP contribution in [-0.2, 0) is 11.2 Å². The number of nitrogens with two attached hydrogens (primary N) is 1. The molecule has 6 nitrogen and oxygen atoms in total. The highest BCUT2D eigenvalue weighted by Gasteiger charge is 2.08. The molecule has 0 aromatic carbocycles. The van der Waals surface area contributed by atoms with E-state index < -0.39 is 5.97 Å². The molecule has 0 fully saturated rings. The molecule has 0 aliphatic rings. The minimum Gasteiger partial charge on any atom is -0.481 e. The summed E-state index contributed by atoms with van der Waals surface area (Å²) in [6, 6.07) is 0. The summed E-state index contributed by atoms with van der Waals surface area (Å²) in [5.41, 5.74) is 6.24. The summed E-state index contributed by atoms with van der Waals surface area (Å²) in [4.78, 5) is 15.0. The zero-order valence-electron chi connectivity index (χ0n) is 7.17. The van der Waals surface area contributed by atoms with E-state index in [4.69, 9.17) is 10.8 Å². The van der Waals surface area contributed by atoms with Crippen LogP contribution >= 0.6 is 11.3 Å². The van der Waals surface area contributed by atoms with E-state index in [2.05, 4.69) is 10.1 Å². The van der Waals surface area contributed by atoms with E-state index in [1.807, 2.05) is 5.38 Å². The molecule has 2 rings (SSSR count). The van der Waals surface area contributed by atoms with Crippen LogP contribution in [0.15, 0.2) is 5.38 Å². The van der Waals surface area contributed by atoms with Gasteiger partial charge in [-0.15, -0.1) is 16.4 Å². The Kier molecular flexibility index (Phi) is 2.08. The lowest BCUT2D eigenvalue weighted by molar-refractivity contribution is -0.136. The van der Waals surface area contributed by atoms with Crippen LogP contribution in [0.5, 0.6) is 0 Å². The van der Waals surface area contributed by atoms with Gasteiger partial charge in [0.25, 0.3) is 0 Å². The van der Waals surface area contributed by atoms with Crippen molar-refractivity contribution < 1.29 is 9.90 Å². The molecule has 0 spiro atoms. The zero-order valence-corrected chi connectivity index (χ0v) is 7.99. The summed E-state index contributed by atoms with van der Waals surface area (Å²) < 4.78 is 1.59. The molecule has 0 radical (unpaired) electrons. The predicted octanol–water partition coefficient (Wildman–Crippen LogP) is 0.390. The van der Waals surface area contributed by atoms with E-state index >= 15 is 0 Å².